The Balaban J connectivity index is 1.91. The van der Waals surface area contributed by atoms with Crippen LogP contribution in [0.2, 0.25) is 0 Å². The molecule has 6 nitrogen and oxygen atoms in total. The minimum Gasteiger partial charge on any atom is -0.314 e. The van der Waals surface area contributed by atoms with E-state index in [-0.39, 0.29) is 16.3 Å². The maximum Gasteiger partial charge on any atom is 0.269 e. The van der Waals surface area contributed by atoms with E-state index >= 15 is 0 Å². The van der Waals surface area contributed by atoms with Gasteiger partial charge in [-0.05, 0) is 37.9 Å². The zero-order valence-electron chi connectivity index (χ0n) is 10.4. The lowest BCUT2D eigenvalue weighted by Gasteiger charge is -2.05. The third-order valence-electron chi connectivity index (χ3n) is 3.01. The number of rotatable bonds is 7. The highest BCUT2D eigenvalue weighted by Gasteiger charge is 2.20. The number of nitrogens with one attached hydrogen (secondary N) is 1. The van der Waals surface area contributed by atoms with E-state index in [0.717, 1.165) is 0 Å². The van der Waals surface area contributed by atoms with Crippen molar-refractivity contribution >= 4 is 15.5 Å². The molecule has 0 atom stereocenters. The van der Waals surface area contributed by atoms with E-state index in [1.807, 2.05) is 0 Å². The normalized spacial score (nSPS) is 15.4. The Morgan fingerprint density at radius 2 is 1.89 bits per heavy atom. The molecule has 0 aliphatic heterocycles. The fourth-order valence-corrected chi connectivity index (χ4v) is 3.06. The molecule has 0 heterocycles. The van der Waals surface area contributed by atoms with Gasteiger partial charge in [0.2, 0.25) is 0 Å². The first kappa shape index (κ1) is 14.0. The first-order valence-electron chi connectivity index (χ1n) is 6.19. The van der Waals surface area contributed by atoms with E-state index in [1.165, 1.54) is 37.1 Å². The van der Waals surface area contributed by atoms with Crippen LogP contribution in [0.1, 0.15) is 19.3 Å². The van der Waals surface area contributed by atoms with Crippen LogP contribution in [0.3, 0.4) is 0 Å². The summed E-state index contributed by atoms with van der Waals surface area (Å²) in [6.07, 6.45) is 2.90. The number of benzene rings is 1. The lowest BCUT2D eigenvalue weighted by Crippen LogP contribution is -2.20. The van der Waals surface area contributed by atoms with Crippen LogP contribution in [0, 0.1) is 10.1 Å². The topological polar surface area (TPSA) is 89.3 Å². The van der Waals surface area contributed by atoms with Crippen LogP contribution >= 0.6 is 0 Å². The second kappa shape index (κ2) is 5.66. The molecule has 0 aromatic heterocycles. The van der Waals surface area contributed by atoms with Gasteiger partial charge >= 0.3 is 0 Å². The molecule has 0 bridgehead atoms. The molecule has 7 heteroatoms. The Bertz CT molecular complexity index is 550. The molecule has 1 aromatic carbocycles. The number of hydrogen-bond donors (Lipinski definition) is 1. The minimum absolute atomic E-state index is 0.0601. The summed E-state index contributed by atoms with van der Waals surface area (Å²) in [4.78, 5) is 10.1. The van der Waals surface area contributed by atoms with Crippen LogP contribution < -0.4 is 5.32 Å². The smallest absolute Gasteiger partial charge is 0.269 e. The number of non-ortho nitro benzene ring substituents is 1. The lowest BCUT2D eigenvalue weighted by atomic mass is 10.3. The molecule has 0 spiro atoms. The Hall–Kier alpha value is -1.47. The van der Waals surface area contributed by atoms with Crippen LogP contribution in [0.4, 0.5) is 5.69 Å². The highest BCUT2D eigenvalue weighted by Crippen LogP contribution is 2.19. The van der Waals surface area contributed by atoms with Gasteiger partial charge in [-0.3, -0.25) is 10.1 Å². The Morgan fingerprint density at radius 3 is 2.42 bits per heavy atom. The van der Waals surface area contributed by atoms with Crippen molar-refractivity contribution in [3.8, 4) is 0 Å². The van der Waals surface area contributed by atoms with Crippen LogP contribution in [0.5, 0.6) is 0 Å². The van der Waals surface area contributed by atoms with E-state index in [1.54, 1.807) is 0 Å². The molecule has 104 valence electrons. The molecule has 0 radical (unpaired) electrons. The van der Waals surface area contributed by atoms with Gasteiger partial charge in [-0.15, -0.1) is 0 Å². The molecular weight excluding hydrogens is 268 g/mol. The van der Waals surface area contributed by atoms with Gasteiger partial charge in [0.25, 0.3) is 5.69 Å². The van der Waals surface area contributed by atoms with Crippen LogP contribution in [0.25, 0.3) is 0 Å². The summed E-state index contributed by atoms with van der Waals surface area (Å²) in [6.45, 7) is 0.691. The van der Waals surface area contributed by atoms with E-state index in [9.17, 15) is 18.5 Å². The molecule has 2 rings (SSSR count). The second-order valence-corrected chi connectivity index (χ2v) is 6.76. The van der Waals surface area contributed by atoms with Crippen LogP contribution in [0.15, 0.2) is 29.2 Å². The summed E-state index contributed by atoms with van der Waals surface area (Å²) < 4.78 is 24.0. The Kier molecular flexibility index (Phi) is 4.16. The van der Waals surface area contributed by atoms with Crippen molar-refractivity contribution in [2.45, 2.75) is 30.2 Å². The molecule has 0 amide bonds. The molecule has 1 aliphatic rings. The Labute approximate surface area is 111 Å². The van der Waals surface area contributed by atoms with Crippen molar-refractivity contribution in [3.63, 3.8) is 0 Å². The minimum atomic E-state index is -3.34. The maximum absolute atomic E-state index is 12.0. The molecule has 1 aliphatic carbocycles. The van der Waals surface area contributed by atoms with Crippen molar-refractivity contribution < 1.29 is 13.3 Å². The molecular formula is C12H16N2O4S. The number of hydrogen-bond acceptors (Lipinski definition) is 5. The van der Waals surface area contributed by atoms with Crippen molar-refractivity contribution in [1.29, 1.82) is 0 Å². The van der Waals surface area contributed by atoms with Gasteiger partial charge in [0.15, 0.2) is 9.84 Å². The zero-order chi connectivity index (χ0) is 13.9. The Morgan fingerprint density at radius 1 is 1.26 bits per heavy atom. The highest BCUT2D eigenvalue weighted by molar-refractivity contribution is 7.91. The fourth-order valence-electron chi connectivity index (χ4n) is 1.75. The maximum atomic E-state index is 12.0. The molecule has 0 saturated heterocycles. The molecule has 1 fully saturated rings. The highest BCUT2D eigenvalue weighted by atomic mass is 32.2. The van der Waals surface area contributed by atoms with Gasteiger partial charge in [-0.25, -0.2) is 8.42 Å². The first-order valence-corrected chi connectivity index (χ1v) is 7.85. The summed E-state index contributed by atoms with van der Waals surface area (Å²) in [6, 6.07) is 5.59. The van der Waals surface area contributed by atoms with Crippen molar-refractivity contribution in [3.05, 3.63) is 34.4 Å². The summed E-state index contributed by atoms with van der Waals surface area (Å²) in [5.74, 6) is 0.0601. The summed E-state index contributed by atoms with van der Waals surface area (Å²) >= 11 is 0. The van der Waals surface area contributed by atoms with Gasteiger partial charge in [-0.1, -0.05) is 0 Å². The molecule has 1 N–H and O–H groups in total. The van der Waals surface area contributed by atoms with Crippen molar-refractivity contribution in [2.24, 2.45) is 0 Å². The van der Waals surface area contributed by atoms with Gasteiger partial charge in [-0.2, -0.15) is 0 Å². The molecule has 19 heavy (non-hydrogen) atoms. The summed E-state index contributed by atoms with van der Waals surface area (Å²) in [5, 5.41) is 13.7. The van der Waals surface area contributed by atoms with E-state index in [0.29, 0.717) is 19.0 Å². The molecule has 1 saturated carbocycles. The summed E-state index contributed by atoms with van der Waals surface area (Å²) in [5.41, 5.74) is -0.102. The third-order valence-corrected chi connectivity index (χ3v) is 4.82. The monoisotopic (exact) mass is 284 g/mol. The first-order chi connectivity index (χ1) is 8.99. The third kappa shape index (κ3) is 4.00. The molecule has 0 unspecified atom stereocenters. The molecule has 1 aromatic rings. The van der Waals surface area contributed by atoms with E-state index in [2.05, 4.69) is 5.32 Å². The number of nitrogens with zero attached hydrogens (tertiary/aromatic N) is 1. The van der Waals surface area contributed by atoms with Gasteiger partial charge in [0.1, 0.15) is 0 Å². The van der Waals surface area contributed by atoms with E-state index in [4.69, 9.17) is 0 Å². The fraction of sp³-hybridized carbons (Fsp3) is 0.500. The number of sulfone groups is 1. The standard InChI is InChI=1S/C12H16N2O4S/c15-14(16)11-4-6-12(7-5-11)19(17,18)9-1-8-13-10-2-3-10/h4-7,10,13H,1-3,8-9H2. The van der Waals surface area contributed by atoms with Crippen molar-refractivity contribution in [2.75, 3.05) is 12.3 Å². The average molecular weight is 284 g/mol. The van der Waals surface area contributed by atoms with E-state index < -0.39 is 14.8 Å². The van der Waals surface area contributed by atoms with Gasteiger partial charge in [0.05, 0.1) is 15.6 Å². The van der Waals surface area contributed by atoms with Crippen LogP contribution in [-0.2, 0) is 9.84 Å². The predicted octanol–water partition coefficient (Wildman–Crippen LogP) is 1.51. The largest absolute Gasteiger partial charge is 0.314 e. The SMILES string of the molecule is O=[N+]([O-])c1ccc(S(=O)(=O)CCCNC2CC2)cc1. The van der Waals surface area contributed by atoms with Crippen molar-refractivity contribution in [1.82, 2.24) is 5.32 Å². The second-order valence-electron chi connectivity index (χ2n) is 4.65. The number of nitro groups is 1. The lowest BCUT2D eigenvalue weighted by molar-refractivity contribution is -0.384. The number of nitro benzene ring substituents is 1. The predicted molar refractivity (Wildman–Crippen MR) is 70.8 cm³/mol. The zero-order valence-corrected chi connectivity index (χ0v) is 11.2. The van der Waals surface area contributed by atoms with Crippen LogP contribution in [-0.4, -0.2) is 31.7 Å². The van der Waals surface area contributed by atoms with Gasteiger partial charge < -0.3 is 5.32 Å². The quantitative estimate of drug-likeness (QED) is 0.465. The summed E-state index contributed by atoms with van der Waals surface area (Å²) in [7, 11) is -3.34. The van der Waals surface area contributed by atoms with Gasteiger partial charge in [0, 0.05) is 18.2 Å². The average Bonchev–Trinajstić information content (AvgIpc) is 3.19.